The molecule has 2 aromatic rings. The fourth-order valence-electron chi connectivity index (χ4n) is 2.81. The van der Waals surface area contributed by atoms with Crippen LogP contribution in [0.5, 0.6) is 11.5 Å². The van der Waals surface area contributed by atoms with E-state index in [1.54, 1.807) is 18.9 Å². The molecule has 0 amide bonds. The molecule has 0 aliphatic carbocycles. The first-order valence-electron chi connectivity index (χ1n) is 7.43. The summed E-state index contributed by atoms with van der Waals surface area (Å²) < 4.78 is 17.2. The van der Waals surface area contributed by atoms with Crippen molar-refractivity contribution in [2.24, 2.45) is 0 Å². The molecule has 7 nitrogen and oxygen atoms in total. The molecule has 23 heavy (non-hydrogen) atoms. The van der Waals surface area contributed by atoms with Crippen LogP contribution in [0.3, 0.4) is 0 Å². The predicted octanol–water partition coefficient (Wildman–Crippen LogP) is 2.01. The monoisotopic (exact) mass is 317 g/mol. The molecule has 1 aliphatic heterocycles. The van der Waals surface area contributed by atoms with Gasteiger partial charge in [-0.05, 0) is 31.0 Å². The molecule has 122 valence electrons. The summed E-state index contributed by atoms with van der Waals surface area (Å²) in [5.74, 6) is 1.87. The van der Waals surface area contributed by atoms with E-state index in [1.807, 2.05) is 18.2 Å². The molecule has 0 spiro atoms. The fraction of sp³-hybridized carbons (Fsp3) is 0.438. The van der Waals surface area contributed by atoms with Crippen molar-refractivity contribution < 1.29 is 19.0 Å². The molecule has 1 aromatic carbocycles. The van der Waals surface area contributed by atoms with Crippen molar-refractivity contribution in [1.82, 2.24) is 14.8 Å². The molecule has 3 rings (SSSR count). The van der Waals surface area contributed by atoms with Gasteiger partial charge in [0, 0.05) is 12.1 Å². The summed E-state index contributed by atoms with van der Waals surface area (Å²) >= 11 is 0. The molecule has 0 radical (unpaired) electrons. The van der Waals surface area contributed by atoms with Crippen LogP contribution in [0.4, 0.5) is 0 Å². The summed E-state index contributed by atoms with van der Waals surface area (Å²) in [6, 6.07) is 5.51. The van der Waals surface area contributed by atoms with Gasteiger partial charge in [-0.2, -0.15) is 5.10 Å². The van der Waals surface area contributed by atoms with Crippen molar-refractivity contribution in [1.29, 1.82) is 0 Å². The Bertz CT molecular complexity index is 726. The lowest BCUT2D eigenvalue weighted by atomic mass is 9.99. The van der Waals surface area contributed by atoms with Crippen LogP contribution in [0.25, 0.3) is 11.4 Å². The summed E-state index contributed by atoms with van der Waals surface area (Å²) in [4.78, 5) is 16.5. The second kappa shape index (κ2) is 6.28. The van der Waals surface area contributed by atoms with Crippen LogP contribution in [0.1, 0.15) is 24.6 Å². The molecular formula is C16H19N3O4. The standard InChI is InChI=1S/C16H19N3O4/c1-21-12-7-6-10(9-13(12)22-2)14-17-15-11(16(20)23-3)5-4-8-19(15)18-14/h6-7,9,11H,4-5,8H2,1-3H3. The first-order chi connectivity index (χ1) is 11.2. The van der Waals surface area contributed by atoms with Crippen LogP contribution in [0.2, 0.25) is 0 Å². The van der Waals surface area contributed by atoms with Gasteiger partial charge in [0.25, 0.3) is 0 Å². The normalized spacial score (nSPS) is 16.6. The number of esters is 1. The van der Waals surface area contributed by atoms with E-state index in [0.29, 0.717) is 23.1 Å². The minimum atomic E-state index is -0.352. The maximum Gasteiger partial charge on any atom is 0.316 e. The average Bonchev–Trinajstić information content (AvgIpc) is 3.04. The zero-order valence-electron chi connectivity index (χ0n) is 13.4. The average molecular weight is 317 g/mol. The highest BCUT2D eigenvalue weighted by atomic mass is 16.5. The summed E-state index contributed by atoms with van der Waals surface area (Å²) in [6.45, 7) is 0.753. The van der Waals surface area contributed by atoms with Gasteiger partial charge in [0.1, 0.15) is 11.7 Å². The highest BCUT2D eigenvalue weighted by Crippen LogP contribution is 2.33. The van der Waals surface area contributed by atoms with Crippen LogP contribution in [-0.4, -0.2) is 42.1 Å². The van der Waals surface area contributed by atoms with Crippen molar-refractivity contribution in [2.75, 3.05) is 21.3 Å². The maximum absolute atomic E-state index is 11.9. The van der Waals surface area contributed by atoms with E-state index in [2.05, 4.69) is 10.1 Å². The van der Waals surface area contributed by atoms with Crippen LogP contribution in [0, 0.1) is 0 Å². The number of carbonyl (C=O) groups excluding carboxylic acids is 1. The number of rotatable bonds is 4. The number of methoxy groups -OCH3 is 3. The number of hydrogen-bond acceptors (Lipinski definition) is 6. The van der Waals surface area contributed by atoms with Gasteiger partial charge in [-0.15, -0.1) is 0 Å². The van der Waals surface area contributed by atoms with Gasteiger partial charge in [0.15, 0.2) is 17.3 Å². The van der Waals surface area contributed by atoms with Gasteiger partial charge in [0.05, 0.1) is 21.3 Å². The second-order valence-corrected chi connectivity index (χ2v) is 5.30. The number of fused-ring (bicyclic) bond motifs is 1. The van der Waals surface area contributed by atoms with E-state index in [0.717, 1.165) is 24.9 Å². The van der Waals surface area contributed by atoms with E-state index in [9.17, 15) is 4.79 Å². The number of hydrogen-bond donors (Lipinski definition) is 0. The molecule has 7 heteroatoms. The first kappa shape index (κ1) is 15.3. The van der Waals surface area contributed by atoms with Crippen molar-refractivity contribution in [3.8, 4) is 22.9 Å². The molecule has 1 unspecified atom stereocenters. The lowest BCUT2D eigenvalue weighted by Gasteiger charge is -2.19. The highest BCUT2D eigenvalue weighted by molar-refractivity contribution is 5.77. The summed E-state index contributed by atoms with van der Waals surface area (Å²) in [5, 5.41) is 4.52. The van der Waals surface area contributed by atoms with Crippen molar-refractivity contribution in [3.05, 3.63) is 24.0 Å². The number of aromatic nitrogens is 3. The van der Waals surface area contributed by atoms with E-state index >= 15 is 0 Å². The molecule has 2 heterocycles. The van der Waals surface area contributed by atoms with E-state index < -0.39 is 0 Å². The topological polar surface area (TPSA) is 75.5 Å². The molecule has 0 N–H and O–H groups in total. The zero-order chi connectivity index (χ0) is 16.4. The van der Waals surface area contributed by atoms with E-state index in [-0.39, 0.29) is 11.9 Å². The van der Waals surface area contributed by atoms with Crippen LogP contribution in [-0.2, 0) is 16.1 Å². The predicted molar refractivity (Wildman–Crippen MR) is 82.6 cm³/mol. The number of nitrogens with zero attached hydrogens (tertiary/aromatic N) is 3. The lowest BCUT2D eigenvalue weighted by molar-refractivity contribution is -0.143. The van der Waals surface area contributed by atoms with E-state index in [4.69, 9.17) is 14.2 Å². The van der Waals surface area contributed by atoms with Gasteiger partial charge in [-0.3, -0.25) is 4.79 Å². The summed E-state index contributed by atoms with van der Waals surface area (Å²) in [7, 11) is 4.57. The fourth-order valence-corrected chi connectivity index (χ4v) is 2.81. The number of ether oxygens (including phenoxy) is 3. The molecule has 1 atom stereocenters. The molecule has 0 saturated carbocycles. The maximum atomic E-state index is 11.9. The Balaban J connectivity index is 1.99. The Morgan fingerprint density at radius 3 is 2.70 bits per heavy atom. The third-order valence-corrected chi connectivity index (χ3v) is 4.00. The molecule has 1 aromatic heterocycles. The number of carbonyl (C=O) groups is 1. The molecular weight excluding hydrogens is 298 g/mol. The number of benzene rings is 1. The molecule has 0 saturated heterocycles. The van der Waals surface area contributed by atoms with Crippen molar-refractivity contribution in [2.45, 2.75) is 25.3 Å². The Hall–Kier alpha value is -2.57. The Morgan fingerprint density at radius 1 is 1.22 bits per heavy atom. The largest absolute Gasteiger partial charge is 0.493 e. The Kier molecular flexibility index (Phi) is 4.18. The van der Waals surface area contributed by atoms with Crippen molar-refractivity contribution in [3.63, 3.8) is 0 Å². The lowest BCUT2D eigenvalue weighted by Crippen LogP contribution is -2.24. The van der Waals surface area contributed by atoms with Gasteiger partial charge < -0.3 is 14.2 Å². The molecule has 0 bridgehead atoms. The third kappa shape index (κ3) is 2.74. The first-order valence-corrected chi connectivity index (χ1v) is 7.43. The Morgan fingerprint density at radius 2 is 2.00 bits per heavy atom. The summed E-state index contributed by atoms with van der Waals surface area (Å²) in [5.41, 5.74) is 0.813. The van der Waals surface area contributed by atoms with Crippen molar-refractivity contribution >= 4 is 5.97 Å². The molecule has 1 aliphatic rings. The quantitative estimate of drug-likeness (QED) is 0.803. The zero-order valence-corrected chi connectivity index (χ0v) is 13.4. The van der Waals surface area contributed by atoms with Crippen LogP contribution in [0.15, 0.2) is 18.2 Å². The SMILES string of the molecule is COC(=O)C1CCCn2nc(-c3ccc(OC)c(OC)c3)nc21. The highest BCUT2D eigenvalue weighted by Gasteiger charge is 2.31. The summed E-state index contributed by atoms with van der Waals surface area (Å²) in [6.07, 6.45) is 1.61. The van der Waals surface area contributed by atoms with E-state index in [1.165, 1.54) is 7.11 Å². The van der Waals surface area contributed by atoms with Crippen LogP contribution >= 0.6 is 0 Å². The Labute approximate surface area is 134 Å². The van der Waals surface area contributed by atoms with Crippen LogP contribution < -0.4 is 9.47 Å². The minimum Gasteiger partial charge on any atom is -0.493 e. The van der Waals surface area contributed by atoms with Gasteiger partial charge in [0.2, 0.25) is 0 Å². The third-order valence-electron chi connectivity index (χ3n) is 4.00. The number of aryl methyl sites for hydroxylation is 1. The molecule has 0 fully saturated rings. The minimum absolute atomic E-state index is 0.266. The van der Waals surface area contributed by atoms with Gasteiger partial charge >= 0.3 is 5.97 Å². The van der Waals surface area contributed by atoms with Gasteiger partial charge in [-0.25, -0.2) is 9.67 Å². The van der Waals surface area contributed by atoms with Gasteiger partial charge in [-0.1, -0.05) is 0 Å². The smallest absolute Gasteiger partial charge is 0.316 e. The second-order valence-electron chi connectivity index (χ2n) is 5.30.